The van der Waals surface area contributed by atoms with E-state index in [-0.39, 0.29) is 36.6 Å². The van der Waals surface area contributed by atoms with Crippen LogP contribution in [0, 0.1) is 11.3 Å². The SMILES string of the molecule is N#Cc1ccc(S(=O)(=O)N2CCN(C(=O)c3ccc(C(F)(F)F)nc3)CC2)cc1. The molecule has 7 nitrogen and oxygen atoms in total. The van der Waals surface area contributed by atoms with Gasteiger partial charge in [-0.2, -0.15) is 22.7 Å². The van der Waals surface area contributed by atoms with Crippen molar-refractivity contribution in [3.05, 3.63) is 59.4 Å². The minimum absolute atomic E-state index is 0.00130. The summed E-state index contributed by atoms with van der Waals surface area (Å²) < 4.78 is 64.3. The van der Waals surface area contributed by atoms with Crippen LogP contribution in [0.3, 0.4) is 0 Å². The quantitative estimate of drug-likeness (QED) is 0.752. The summed E-state index contributed by atoms with van der Waals surface area (Å²) >= 11 is 0. The smallest absolute Gasteiger partial charge is 0.336 e. The molecule has 1 aliphatic heterocycles. The Balaban J connectivity index is 1.66. The second-order valence-corrected chi connectivity index (χ2v) is 8.20. The fraction of sp³-hybridized carbons (Fsp3) is 0.278. The molecule has 1 fully saturated rings. The van der Waals surface area contributed by atoms with Crippen LogP contribution in [0.15, 0.2) is 47.5 Å². The van der Waals surface area contributed by atoms with Crippen LogP contribution in [0.5, 0.6) is 0 Å². The number of rotatable bonds is 3. The summed E-state index contributed by atoms with van der Waals surface area (Å²) in [5.41, 5.74) is -0.752. The lowest BCUT2D eigenvalue weighted by Gasteiger charge is -2.34. The van der Waals surface area contributed by atoms with E-state index in [1.54, 1.807) is 0 Å². The van der Waals surface area contributed by atoms with Crippen molar-refractivity contribution in [3.63, 3.8) is 0 Å². The van der Waals surface area contributed by atoms with Crippen LogP contribution in [0.2, 0.25) is 0 Å². The topological polar surface area (TPSA) is 94.4 Å². The molecule has 11 heteroatoms. The Kier molecular flexibility index (Phi) is 5.59. The van der Waals surface area contributed by atoms with E-state index < -0.39 is 27.8 Å². The van der Waals surface area contributed by atoms with Gasteiger partial charge in [0.25, 0.3) is 5.91 Å². The first-order valence-electron chi connectivity index (χ1n) is 8.46. The van der Waals surface area contributed by atoms with Gasteiger partial charge in [0.1, 0.15) is 5.69 Å². The Labute approximate surface area is 165 Å². The van der Waals surface area contributed by atoms with Gasteiger partial charge in [0.15, 0.2) is 0 Å². The lowest BCUT2D eigenvalue weighted by Crippen LogP contribution is -2.50. The molecule has 0 atom stereocenters. The first-order valence-corrected chi connectivity index (χ1v) is 9.90. The molecule has 1 aliphatic rings. The number of hydrogen-bond acceptors (Lipinski definition) is 5. The lowest BCUT2D eigenvalue weighted by molar-refractivity contribution is -0.141. The zero-order valence-electron chi connectivity index (χ0n) is 14.9. The zero-order chi connectivity index (χ0) is 21.2. The molecule has 3 rings (SSSR count). The number of pyridine rings is 1. The van der Waals surface area contributed by atoms with E-state index in [2.05, 4.69) is 4.98 Å². The van der Waals surface area contributed by atoms with E-state index >= 15 is 0 Å². The summed E-state index contributed by atoms with van der Waals surface area (Å²) in [4.78, 5) is 17.2. The number of carbonyl (C=O) groups is 1. The molecule has 1 amide bonds. The molecule has 2 aromatic rings. The summed E-state index contributed by atoms with van der Waals surface area (Å²) in [6.07, 6.45) is -3.72. The van der Waals surface area contributed by atoms with Crippen LogP contribution < -0.4 is 0 Å². The largest absolute Gasteiger partial charge is 0.433 e. The second-order valence-electron chi connectivity index (χ2n) is 6.26. The molecule has 152 valence electrons. The summed E-state index contributed by atoms with van der Waals surface area (Å²) in [5.74, 6) is -0.512. The highest BCUT2D eigenvalue weighted by molar-refractivity contribution is 7.89. The van der Waals surface area contributed by atoms with Crippen molar-refractivity contribution in [2.24, 2.45) is 0 Å². The number of benzene rings is 1. The molecule has 0 bridgehead atoms. The number of amides is 1. The Hall–Kier alpha value is -2.97. The van der Waals surface area contributed by atoms with Crippen molar-refractivity contribution in [2.75, 3.05) is 26.2 Å². The molecule has 0 unspecified atom stereocenters. The van der Waals surface area contributed by atoms with Crippen LogP contribution in [-0.2, 0) is 16.2 Å². The van der Waals surface area contributed by atoms with E-state index in [9.17, 15) is 26.4 Å². The van der Waals surface area contributed by atoms with Gasteiger partial charge in [-0.25, -0.2) is 8.42 Å². The van der Waals surface area contributed by atoms with Crippen molar-refractivity contribution in [1.82, 2.24) is 14.2 Å². The summed E-state index contributed by atoms with van der Waals surface area (Å²) in [7, 11) is -3.77. The predicted molar refractivity (Wildman–Crippen MR) is 95.1 cm³/mol. The number of nitrogens with zero attached hydrogens (tertiary/aromatic N) is 4. The normalized spacial score (nSPS) is 15.7. The molecule has 0 spiro atoms. The summed E-state index contributed by atoms with van der Waals surface area (Å²) in [6, 6.07) is 9.21. The highest BCUT2D eigenvalue weighted by Crippen LogP contribution is 2.27. The van der Waals surface area contributed by atoms with Crippen LogP contribution in [0.1, 0.15) is 21.6 Å². The number of alkyl halides is 3. The molecule has 0 N–H and O–H groups in total. The molecule has 29 heavy (non-hydrogen) atoms. The number of hydrogen-bond donors (Lipinski definition) is 0. The molecule has 0 radical (unpaired) electrons. The van der Waals surface area contributed by atoms with Crippen molar-refractivity contribution in [3.8, 4) is 6.07 Å². The standard InChI is InChI=1S/C18H15F3N4O3S/c19-18(20,21)16-6-3-14(12-23-16)17(26)24-7-9-25(10-8-24)29(27,28)15-4-1-13(11-22)2-5-15/h1-6,12H,7-10H2. The first kappa shape index (κ1) is 20.8. The van der Waals surface area contributed by atoms with E-state index in [1.807, 2.05) is 6.07 Å². The van der Waals surface area contributed by atoms with Gasteiger partial charge >= 0.3 is 6.18 Å². The third-order valence-electron chi connectivity index (χ3n) is 4.45. The van der Waals surface area contributed by atoms with Gasteiger partial charge < -0.3 is 4.90 Å². The molecule has 1 saturated heterocycles. The number of halogens is 3. The van der Waals surface area contributed by atoms with E-state index in [1.165, 1.54) is 33.5 Å². The predicted octanol–water partition coefficient (Wildman–Crippen LogP) is 2.12. The average molecular weight is 424 g/mol. The Morgan fingerprint density at radius 1 is 1.03 bits per heavy atom. The third-order valence-corrected chi connectivity index (χ3v) is 6.36. The van der Waals surface area contributed by atoms with Crippen LogP contribution in [-0.4, -0.2) is 54.7 Å². The van der Waals surface area contributed by atoms with E-state index in [0.717, 1.165) is 18.3 Å². The summed E-state index contributed by atoms with van der Waals surface area (Å²) in [5, 5.41) is 8.80. The number of carbonyl (C=O) groups excluding carboxylic acids is 1. The van der Waals surface area contributed by atoms with E-state index in [0.29, 0.717) is 5.56 Å². The Bertz CT molecular complexity index is 1040. The van der Waals surface area contributed by atoms with Crippen molar-refractivity contribution in [2.45, 2.75) is 11.1 Å². The molecule has 0 saturated carbocycles. The van der Waals surface area contributed by atoms with E-state index in [4.69, 9.17) is 5.26 Å². The monoisotopic (exact) mass is 424 g/mol. The maximum absolute atomic E-state index is 12.7. The second kappa shape index (κ2) is 7.81. The Morgan fingerprint density at radius 3 is 2.14 bits per heavy atom. The molecule has 1 aromatic carbocycles. The summed E-state index contributed by atoms with van der Waals surface area (Å²) in [6.45, 7) is 0.273. The number of piperazine rings is 1. The molecular weight excluding hydrogens is 409 g/mol. The van der Waals surface area contributed by atoms with Crippen molar-refractivity contribution >= 4 is 15.9 Å². The average Bonchev–Trinajstić information content (AvgIpc) is 2.73. The number of sulfonamides is 1. The van der Waals surface area contributed by atoms with Gasteiger partial charge in [0, 0.05) is 32.4 Å². The fourth-order valence-corrected chi connectivity index (χ4v) is 4.27. The van der Waals surface area contributed by atoms with Crippen molar-refractivity contribution in [1.29, 1.82) is 5.26 Å². The van der Waals surface area contributed by atoms with Gasteiger partial charge in [-0.1, -0.05) is 0 Å². The van der Waals surface area contributed by atoms with Gasteiger partial charge in [-0.15, -0.1) is 0 Å². The highest BCUT2D eigenvalue weighted by atomic mass is 32.2. The van der Waals surface area contributed by atoms with Crippen LogP contribution in [0.4, 0.5) is 13.2 Å². The van der Waals surface area contributed by atoms with Gasteiger partial charge in [-0.3, -0.25) is 9.78 Å². The maximum Gasteiger partial charge on any atom is 0.433 e. The number of nitriles is 1. The third kappa shape index (κ3) is 4.38. The Morgan fingerprint density at radius 2 is 1.66 bits per heavy atom. The molecule has 2 heterocycles. The van der Waals surface area contributed by atoms with Gasteiger partial charge in [0.05, 0.1) is 22.1 Å². The molecule has 0 aliphatic carbocycles. The van der Waals surface area contributed by atoms with Gasteiger partial charge in [0.2, 0.25) is 10.0 Å². The molecular formula is C18H15F3N4O3S. The van der Waals surface area contributed by atoms with Crippen molar-refractivity contribution < 1.29 is 26.4 Å². The maximum atomic E-state index is 12.7. The highest BCUT2D eigenvalue weighted by Gasteiger charge is 2.33. The minimum atomic E-state index is -4.59. The van der Waals surface area contributed by atoms with Crippen LogP contribution in [0.25, 0.3) is 0 Å². The lowest BCUT2D eigenvalue weighted by atomic mass is 10.2. The first-order chi connectivity index (χ1) is 13.6. The minimum Gasteiger partial charge on any atom is -0.336 e. The fourth-order valence-electron chi connectivity index (χ4n) is 2.85. The van der Waals surface area contributed by atoms with Gasteiger partial charge in [-0.05, 0) is 36.4 Å². The number of aromatic nitrogens is 1. The van der Waals surface area contributed by atoms with Crippen LogP contribution >= 0.6 is 0 Å². The molecule has 1 aromatic heterocycles. The zero-order valence-corrected chi connectivity index (χ0v) is 15.7.